The van der Waals surface area contributed by atoms with E-state index in [1.807, 2.05) is 12.4 Å². The third-order valence-corrected chi connectivity index (χ3v) is 3.02. The van der Waals surface area contributed by atoms with Crippen molar-refractivity contribution in [3.8, 4) is 0 Å². The van der Waals surface area contributed by atoms with Gasteiger partial charge in [0.2, 0.25) is 0 Å². The highest BCUT2D eigenvalue weighted by Crippen LogP contribution is 2.21. The summed E-state index contributed by atoms with van der Waals surface area (Å²) >= 11 is 0. The first kappa shape index (κ1) is 13.2. The van der Waals surface area contributed by atoms with Crippen LogP contribution in [0.5, 0.6) is 0 Å². The second-order valence-corrected chi connectivity index (χ2v) is 4.86. The molecule has 0 aliphatic carbocycles. The maximum Gasteiger partial charge on any atom is 0.0303 e. The van der Waals surface area contributed by atoms with E-state index in [9.17, 15) is 0 Å². The molecule has 90 valence electrons. The molecule has 2 nitrogen and oxygen atoms in total. The summed E-state index contributed by atoms with van der Waals surface area (Å²) in [4.78, 5) is 4.15. The van der Waals surface area contributed by atoms with Gasteiger partial charge in [-0.3, -0.25) is 4.98 Å². The lowest BCUT2D eigenvalue weighted by molar-refractivity contribution is 0.504. The number of hydrogen-bond donors (Lipinski definition) is 1. The number of aryl methyl sites for hydroxylation is 1. The third-order valence-electron chi connectivity index (χ3n) is 3.02. The molecule has 1 aromatic rings. The number of rotatable bonds is 6. The first-order valence-corrected chi connectivity index (χ1v) is 6.33. The van der Waals surface area contributed by atoms with E-state index in [1.165, 1.54) is 24.0 Å². The highest BCUT2D eigenvalue weighted by Gasteiger charge is 2.09. The van der Waals surface area contributed by atoms with Gasteiger partial charge in [-0.25, -0.2) is 0 Å². The Morgan fingerprint density at radius 2 is 2.06 bits per heavy atom. The second-order valence-electron chi connectivity index (χ2n) is 4.86. The predicted molar refractivity (Wildman–Crippen MR) is 69.2 cm³/mol. The van der Waals surface area contributed by atoms with Gasteiger partial charge in [0.25, 0.3) is 0 Å². The topological polar surface area (TPSA) is 38.9 Å². The van der Waals surface area contributed by atoms with Crippen LogP contribution in [0.15, 0.2) is 18.5 Å². The fraction of sp³-hybridized carbons (Fsp3) is 0.643. The fourth-order valence-corrected chi connectivity index (χ4v) is 2.00. The molecular formula is C14H24N2. The summed E-state index contributed by atoms with van der Waals surface area (Å²) in [7, 11) is 0. The number of aromatic nitrogens is 1. The van der Waals surface area contributed by atoms with E-state index >= 15 is 0 Å². The van der Waals surface area contributed by atoms with Crippen LogP contribution in [0.1, 0.15) is 57.2 Å². The Kier molecular flexibility index (Phi) is 5.47. The lowest BCUT2D eigenvalue weighted by Gasteiger charge is -2.15. The maximum absolute atomic E-state index is 6.23. The van der Waals surface area contributed by atoms with E-state index in [-0.39, 0.29) is 6.04 Å². The zero-order chi connectivity index (χ0) is 12.0. The molecule has 0 saturated carbocycles. The van der Waals surface area contributed by atoms with Crippen molar-refractivity contribution in [2.45, 2.75) is 52.5 Å². The van der Waals surface area contributed by atoms with E-state index in [0.29, 0.717) is 0 Å². The Hall–Kier alpha value is -0.890. The fourth-order valence-electron chi connectivity index (χ4n) is 2.00. The molecule has 0 aromatic carbocycles. The van der Waals surface area contributed by atoms with Crippen LogP contribution in [-0.2, 0) is 6.42 Å². The summed E-state index contributed by atoms with van der Waals surface area (Å²) in [6, 6.07) is 2.25. The molecule has 0 aliphatic heterocycles. The zero-order valence-corrected chi connectivity index (χ0v) is 10.7. The van der Waals surface area contributed by atoms with Gasteiger partial charge in [0.15, 0.2) is 0 Å². The van der Waals surface area contributed by atoms with Crippen molar-refractivity contribution in [3.63, 3.8) is 0 Å². The molecule has 0 amide bonds. The van der Waals surface area contributed by atoms with Crippen molar-refractivity contribution >= 4 is 0 Å². The largest absolute Gasteiger partial charge is 0.324 e. The lowest BCUT2D eigenvalue weighted by atomic mass is 9.95. The van der Waals surface area contributed by atoms with Crippen molar-refractivity contribution in [2.24, 2.45) is 11.7 Å². The maximum atomic E-state index is 6.23. The standard InChI is InChI=1S/C14H24N2/c1-4-12-10-16-9-8-13(12)14(15)7-5-6-11(2)3/h8-11,14H,4-7,15H2,1-3H3. The van der Waals surface area contributed by atoms with Crippen LogP contribution in [0.3, 0.4) is 0 Å². The average molecular weight is 220 g/mol. The summed E-state index contributed by atoms with van der Waals surface area (Å²) in [6.07, 6.45) is 8.36. The van der Waals surface area contributed by atoms with Gasteiger partial charge in [0, 0.05) is 18.4 Å². The van der Waals surface area contributed by atoms with Gasteiger partial charge in [-0.15, -0.1) is 0 Å². The van der Waals surface area contributed by atoms with E-state index in [0.717, 1.165) is 18.8 Å². The summed E-state index contributed by atoms with van der Waals surface area (Å²) in [5.41, 5.74) is 8.80. The molecule has 0 spiro atoms. The van der Waals surface area contributed by atoms with Crippen LogP contribution in [-0.4, -0.2) is 4.98 Å². The quantitative estimate of drug-likeness (QED) is 0.797. The number of nitrogens with two attached hydrogens (primary N) is 1. The molecular weight excluding hydrogens is 196 g/mol. The van der Waals surface area contributed by atoms with Crippen molar-refractivity contribution in [1.82, 2.24) is 4.98 Å². The van der Waals surface area contributed by atoms with Crippen LogP contribution in [0, 0.1) is 5.92 Å². The molecule has 1 unspecified atom stereocenters. The molecule has 1 atom stereocenters. The van der Waals surface area contributed by atoms with Gasteiger partial charge >= 0.3 is 0 Å². The smallest absolute Gasteiger partial charge is 0.0303 e. The minimum atomic E-state index is 0.177. The van der Waals surface area contributed by atoms with Gasteiger partial charge < -0.3 is 5.73 Å². The van der Waals surface area contributed by atoms with Crippen molar-refractivity contribution in [3.05, 3.63) is 29.6 Å². The van der Waals surface area contributed by atoms with E-state index in [2.05, 4.69) is 31.8 Å². The predicted octanol–water partition coefficient (Wildman–Crippen LogP) is 3.47. The summed E-state index contributed by atoms with van der Waals surface area (Å²) in [6.45, 7) is 6.67. The van der Waals surface area contributed by atoms with Gasteiger partial charge in [-0.05, 0) is 36.0 Å². The number of pyridine rings is 1. The summed E-state index contributed by atoms with van der Waals surface area (Å²) < 4.78 is 0. The molecule has 1 heterocycles. The first-order valence-electron chi connectivity index (χ1n) is 6.33. The zero-order valence-electron chi connectivity index (χ0n) is 10.7. The molecule has 0 fully saturated rings. The van der Waals surface area contributed by atoms with Gasteiger partial charge in [0.1, 0.15) is 0 Å². The molecule has 0 aliphatic rings. The van der Waals surface area contributed by atoms with E-state index < -0.39 is 0 Å². The molecule has 16 heavy (non-hydrogen) atoms. The molecule has 0 radical (unpaired) electrons. The third kappa shape index (κ3) is 3.93. The monoisotopic (exact) mass is 220 g/mol. The Morgan fingerprint density at radius 3 is 2.69 bits per heavy atom. The molecule has 2 N–H and O–H groups in total. The van der Waals surface area contributed by atoms with Crippen LogP contribution in [0.4, 0.5) is 0 Å². The SMILES string of the molecule is CCc1cnccc1C(N)CCCC(C)C. The molecule has 1 rings (SSSR count). The highest BCUT2D eigenvalue weighted by molar-refractivity contribution is 5.26. The Morgan fingerprint density at radius 1 is 1.31 bits per heavy atom. The molecule has 0 bridgehead atoms. The van der Waals surface area contributed by atoms with Gasteiger partial charge in [-0.2, -0.15) is 0 Å². The Bertz CT molecular complexity index is 307. The number of nitrogens with zero attached hydrogens (tertiary/aromatic N) is 1. The van der Waals surface area contributed by atoms with E-state index in [1.54, 1.807) is 0 Å². The number of hydrogen-bond acceptors (Lipinski definition) is 2. The van der Waals surface area contributed by atoms with Crippen LogP contribution in [0.25, 0.3) is 0 Å². The molecule has 1 aromatic heterocycles. The molecule has 0 saturated heterocycles. The second kappa shape index (κ2) is 6.64. The average Bonchev–Trinajstić information content (AvgIpc) is 2.28. The van der Waals surface area contributed by atoms with Crippen LogP contribution >= 0.6 is 0 Å². The Labute approximate surface area is 99.3 Å². The van der Waals surface area contributed by atoms with Gasteiger partial charge in [0.05, 0.1) is 0 Å². The van der Waals surface area contributed by atoms with Crippen molar-refractivity contribution in [1.29, 1.82) is 0 Å². The first-order chi connectivity index (χ1) is 7.65. The van der Waals surface area contributed by atoms with Gasteiger partial charge in [-0.1, -0.05) is 33.6 Å². The minimum Gasteiger partial charge on any atom is -0.324 e. The highest BCUT2D eigenvalue weighted by atomic mass is 14.7. The van der Waals surface area contributed by atoms with Crippen molar-refractivity contribution < 1.29 is 0 Å². The van der Waals surface area contributed by atoms with Crippen LogP contribution < -0.4 is 5.73 Å². The minimum absolute atomic E-state index is 0.177. The molecule has 2 heteroatoms. The summed E-state index contributed by atoms with van der Waals surface area (Å²) in [5.74, 6) is 0.773. The Balaban J connectivity index is 2.55. The lowest BCUT2D eigenvalue weighted by Crippen LogP contribution is -2.13. The van der Waals surface area contributed by atoms with E-state index in [4.69, 9.17) is 5.73 Å². The van der Waals surface area contributed by atoms with Crippen LogP contribution in [0.2, 0.25) is 0 Å². The normalized spacial score (nSPS) is 13.1. The van der Waals surface area contributed by atoms with Crippen molar-refractivity contribution in [2.75, 3.05) is 0 Å². The summed E-state index contributed by atoms with van der Waals surface area (Å²) in [5, 5.41) is 0.